The van der Waals surface area contributed by atoms with Gasteiger partial charge in [0.25, 0.3) is 5.91 Å². The van der Waals surface area contributed by atoms with Crippen LogP contribution in [0.2, 0.25) is 0 Å². The van der Waals surface area contributed by atoms with Crippen molar-refractivity contribution in [1.29, 1.82) is 0 Å². The first-order valence-corrected chi connectivity index (χ1v) is 9.75. The number of fused-ring (bicyclic) bond motifs is 1. The second kappa shape index (κ2) is 6.42. The van der Waals surface area contributed by atoms with Gasteiger partial charge in [-0.05, 0) is 36.8 Å². The molecule has 4 nitrogen and oxygen atoms in total. The molecule has 2 aliphatic rings. The molecule has 1 aliphatic heterocycles. The normalized spacial score (nSPS) is 21.6. The van der Waals surface area contributed by atoms with E-state index in [1.807, 2.05) is 35.0 Å². The highest BCUT2D eigenvalue weighted by Gasteiger charge is 2.30. The summed E-state index contributed by atoms with van der Waals surface area (Å²) in [6.07, 6.45) is 5.58. The van der Waals surface area contributed by atoms with Crippen molar-refractivity contribution in [2.45, 2.75) is 36.5 Å². The topological polar surface area (TPSA) is 55.6 Å². The Morgan fingerprint density at radius 3 is 2.74 bits per heavy atom. The maximum atomic E-state index is 11.8. The van der Waals surface area contributed by atoms with Crippen molar-refractivity contribution in [3.8, 4) is 5.75 Å². The molecule has 0 saturated carbocycles. The molecule has 1 aliphatic carbocycles. The fourth-order valence-corrected chi connectivity index (χ4v) is 4.25. The molecule has 0 radical (unpaired) electrons. The summed E-state index contributed by atoms with van der Waals surface area (Å²) in [6, 6.07) is 3.84. The lowest BCUT2D eigenvalue weighted by Gasteiger charge is -2.32. The minimum atomic E-state index is -0.0434. The van der Waals surface area contributed by atoms with Gasteiger partial charge in [0.1, 0.15) is 5.75 Å². The molecule has 23 heavy (non-hydrogen) atoms. The molecule has 0 bridgehead atoms. The van der Waals surface area contributed by atoms with Crippen molar-refractivity contribution in [2.24, 2.45) is 5.92 Å². The summed E-state index contributed by atoms with van der Waals surface area (Å²) < 4.78 is 7.43. The zero-order valence-corrected chi connectivity index (χ0v) is 17.5. The van der Waals surface area contributed by atoms with Crippen LogP contribution in [0.3, 0.4) is 0 Å². The number of nitrogen functional groups attached to an aromatic ring is 1. The van der Waals surface area contributed by atoms with E-state index in [1.54, 1.807) is 3.11 Å². The molecule has 1 amide bonds. The molecule has 6 heteroatoms. The quantitative estimate of drug-likeness (QED) is 0.256. The lowest BCUT2D eigenvalue weighted by Crippen LogP contribution is -2.31. The van der Waals surface area contributed by atoms with E-state index in [1.165, 1.54) is 12.0 Å². The van der Waals surface area contributed by atoms with Crippen molar-refractivity contribution in [1.82, 2.24) is 0 Å². The molecule has 0 fully saturated rings. The summed E-state index contributed by atoms with van der Waals surface area (Å²) in [5, 5.41) is 0. The highest BCUT2D eigenvalue weighted by Crippen LogP contribution is 2.44. The van der Waals surface area contributed by atoms with Gasteiger partial charge < -0.3 is 10.5 Å². The summed E-state index contributed by atoms with van der Waals surface area (Å²) in [6.45, 7) is 4.66. The molecule has 1 aromatic rings. The van der Waals surface area contributed by atoms with Crippen LogP contribution in [-0.4, -0.2) is 15.9 Å². The molecule has 0 saturated heterocycles. The SMILES string of the molecule is CC(C)(I)C1CC=C(c2cc3c(cc2N)OCC(=O)N3I)CC1. The molecule has 3 rings (SSSR count). The number of anilines is 2. The van der Waals surface area contributed by atoms with Crippen molar-refractivity contribution in [2.75, 3.05) is 15.5 Å². The molecule has 0 spiro atoms. The first-order chi connectivity index (χ1) is 10.8. The Morgan fingerprint density at radius 1 is 1.39 bits per heavy atom. The molecule has 2 N–H and O–H groups in total. The fourth-order valence-electron chi connectivity index (χ4n) is 3.16. The highest BCUT2D eigenvalue weighted by molar-refractivity contribution is 14.1. The number of halogens is 2. The second-order valence-corrected chi connectivity index (χ2v) is 10.4. The first-order valence-electron chi connectivity index (χ1n) is 7.70. The molecule has 0 aromatic heterocycles. The van der Waals surface area contributed by atoms with Gasteiger partial charge in [0, 0.05) is 20.7 Å². The number of hydrogen-bond donors (Lipinski definition) is 1. The average Bonchev–Trinajstić information content (AvgIpc) is 2.50. The molecule has 1 unspecified atom stereocenters. The number of carbonyl (C=O) groups is 1. The van der Waals surface area contributed by atoms with Crippen molar-refractivity contribution >= 4 is 68.3 Å². The van der Waals surface area contributed by atoms with Gasteiger partial charge in [0.2, 0.25) is 0 Å². The van der Waals surface area contributed by atoms with Crippen molar-refractivity contribution < 1.29 is 9.53 Å². The van der Waals surface area contributed by atoms with Crippen LogP contribution in [-0.2, 0) is 4.79 Å². The highest BCUT2D eigenvalue weighted by atomic mass is 127. The number of nitrogens with zero attached hydrogens (tertiary/aromatic N) is 1. The largest absolute Gasteiger partial charge is 0.481 e. The van der Waals surface area contributed by atoms with Crippen LogP contribution >= 0.6 is 45.5 Å². The number of carbonyl (C=O) groups excluding carboxylic acids is 1. The van der Waals surface area contributed by atoms with Crippen LogP contribution < -0.4 is 13.6 Å². The molecule has 124 valence electrons. The number of benzene rings is 1. The van der Waals surface area contributed by atoms with Gasteiger partial charge in [-0.2, -0.15) is 0 Å². The predicted octanol–water partition coefficient (Wildman–Crippen LogP) is 4.74. The van der Waals surface area contributed by atoms with Crippen LogP contribution in [0, 0.1) is 5.92 Å². The number of rotatable bonds is 2. The van der Waals surface area contributed by atoms with Crippen molar-refractivity contribution in [3.05, 3.63) is 23.8 Å². The summed E-state index contributed by atoms with van der Waals surface area (Å²) in [4.78, 5) is 11.8. The zero-order valence-electron chi connectivity index (χ0n) is 13.2. The average molecular weight is 538 g/mol. The maximum Gasteiger partial charge on any atom is 0.273 e. The summed E-state index contributed by atoms with van der Waals surface area (Å²) in [5.74, 6) is 1.33. The smallest absolute Gasteiger partial charge is 0.273 e. The molecule has 1 aromatic carbocycles. The van der Waals surface area contributed by atoms with Crippen LogP contribution in [0.15, 0.2) is 18.2 Å². The minimum absolute atomic E-state index is 0.0434. The summed E-state index contributed by atoms with van der Waals surface area (Å²) >= 11 is 4.57. The van der Waals surface area contributed by atoms with E-state index in [4.69, 9.17) is 10.5 Å². The Balaban J connectivity index is 1.93. The lowest BCUT2D eigenvalue weighted by atomic mass is 9.80. The Labute approximate surface area is 164 Å². The van der Waals surface area contributed by atoms with Gasteiger partial charge in [-0.15, -0.1) is 0 Å². The van der Waals surface area contributed by atoms with Crippen LogP contribution in [0.4, 0.5) is 11.4 Å². The maximum absolute atomic E-state index is 11.8. The summed E-state index contributed by atoms with van der Waals surface area (Å²) in [5.41, 5.74) is 10.1. The Bertz CT molecular complexity index is 680. The van der Waals surface area contributed by atoms with Gasteiger partial charge >= 0.3 is 0 Å². The van der Waals surface area contributed by atoms with Gasteiger partial charge in [-0.25, -0.2) is 3.11 Å². The third-order valence-electron chi connectivity index (χ3n) is 4.64. The molecule has 1 heterocycles. The molecular weight excluding hydrogens is 518 g/mol. The van der Waals surface area contributed by atoms with E-state index < -0.39 is 0 Å². The van der Waals surface area contributed by atoms with Crippen molar-refractivity contribution in [3.63, 3.8) is 0 Å². The Morgan fingerprint density at radius 2 is 2.13 bits per heavy atom. The second-order valence-electron chi connectivity index (χ2n) is 6.64. The third kappa shape index (κ3) is 3.47. The number of nitrogens with two attached hydrogens (primary N) is 1. The minimum Gasteiger partial charge on any atom is -0.481 e. The van der Waals surface area contributed by atoms with E-state index in [0.29, 0.717) is 15.1 Å². The van der Waals surface area contributed by atoms with E-state index in [9.17, 15) is 4.79 Å². The van der Waals surface area contributed by atoms with Crippen LogP contribution in [0.25, 0.3) is 5.57 Å². The van der Waals surface area contributed by atoms with Crippen LogP contribution in [0.1, 0.15) is 38.7 Å². The molecule has 1 atom stereocenters. The van der Waals surface area contributed by atoms with E-state index in [0.717, 1.165) is 29.8 Å². The number of ether oxygens (including phenoxy) is 1. The monoisotopic (exact) mass is 538 g/mol. The fraction of sp³-hybridized carbons (Fsp3) is 0.471. The zero-order chi connectivity index (χ0) is 16.8. The molecular formula is C17H20I2N2O2. The number of alkyl halides is 1. The number of hydrogen-bond acceptors (Lipinski definition) is 3. The van der Waals surface area contributed by atoms with Crippen LogP contribution in [0.5, 0.6) is 5.75 Å². The first kappa shape index (κ1) is 17.3. The predicted molar refractivity (Wildman–Crippen MR) is 111 cm³/mol. The van der Waals surface area contributed by atoms with Gasteiger partial charge in [0.15, 0.2) is 6.61 Å². The van der Waals surface area contributed by atoms with Gasteiger partial charge in [0.05, 0.1) is 28.6 Å². The number of amides is 1. The van der Waals surface area contributed by atoms with E-state index in [-0.39, 0.29) is 12.5 Å². The van der Waals surface area contributed by atoms with Gasteiger partial charge in [-0.3, -0.25) is 4.79 Å². The van der Waals surface area contributed by atoms with E-state index >= 15 is 0 Å². The Hall–Kier alpha value is -0.510. The number of allylic oxidation sites excluding steroid dienone is 2. The standard InChI is InChI=1S/C17H20I2N2O2/c1-17(2,18)11-5-3-10(4-6-11)12-7-14-15(8-13(12)20)23-9-16(22)21(14)19/h3,7-8,11H,4-6,9,20H2,1-2H3. The lowest BCUT2D eigenvalue weighted by molar-refractivity contribution is -0.119. The van der Waals surface area contributed by atoms with E-state index in [2.05, 4.69) is 42.5 Å². The van der Waals surface area contributed by atoms with Gasteiger partial charge in [-0.1, -0.05) is 42.5 Å². The third-order valence-corrected chi connectivity index (χ3v) is 6.58. The summed E-state index contributed by atoms with van der Waals surface area (Å²) in [7, 11) is 0. The Kier molecular flexibility index (Phi) is 4.83.